The average molecular weight is 495 g/mol. The van der Waals surface area contributed by atoms with Crippen molar-refractivity contribution in [3.05, 3.63) is 88.4 Å². The number of carboxylic acids is 1. The fourth-order valence-electron chi connectivity index (χ4n) is 4.15. The van der Waals surface area contributed by atoms with Crippen LogP contribution in [0.15, 0.2) is 66.7 Å². The first-order valence-corrected chi connectivity index (χ1v) is 11.2. The lowest BCUT2D eigenvalue weighted by Gasteiger charge is -2.19. The monoisotopic (exact) mass is 494 g/mol. The number of anilines is 1. The van der Waals surface area contributed by atoms with Gasteiger partial charge in [-0.3, -0.25) is 4.79 Å². The summed E-state index contributed by atoms with van der Waals surface area (Å²) in [6.07, 6.45) is -0.776. The summed E-state index contributed by atoms with van der Waals surface area (Å²) in [5, 5.41) is 14.4. The second-order valence-corrected chi connectivity index (χ2v) is 8.44. The van der Waals surface area contributed by atoms with Crippen LogP contribution in [0.3, 0.4) is 0 Å². The van der Waals surface area contributed by atoms with Crippen LogP contribution in [0.5, 0.6) is 0 Å². The number of carboxylic acid groups (broad SMARTS) is 1. The number of carbonyl (C=O) groups excluding carboxylic acids is 2. The van der Waals surface area contributed by atoms with E-state index >= 15 is 0 Å². The van der Waals surface area contributed by atoms with Gasteiger partial charge < -0.3 is 25.2 Å². The van der Waals surface area contributed by atoms with Crippen molar-refractivity contribution in [1.29, 1.82) is 0 Å². The number of benzene rings is 3. The molecule has 9 heteroatoms. The molecule has 0 radical (unpaired) electrons. The van der Waals surface area contributed by atoms with Gasteiger partial charge in [0.05, 0.1) is 12.2 Å². The molecule has 4 rings (SSSR count). The van der Waals surface area contributed by atoms with E-state index in [0.29, 0.717) is 0 Å². The highest BCUT2D eigenvalue weighted by atomic mass is 35.5. The molecule has 0 fully saturated rings. The molecule has 2 amide bonds. The standard InChI is InChI=1S/C26H23ClN2O6/c1-34-14-23(24(30)28-17-11-15(25(31)32)10-16(27)12-17)29-26(33)35-13-22-20-8-4-2-6-18(20)19-7-3-5-9-21(19)22/h2-12,22-23H,13-14H2,1H3,(H,28,30)(H,29,33)(H,31,32). The summed E-state index contributed by atoms with van der Waals surface area (Å²) >= 11 is 5.95. The van der Waals surface area contributed by atoms with E-state index in [1.807, 2.05) is 48.5 Å². The van der Waals surface area contributed by atoms with Crippen molar-refractivity contribution in [1.82, 2.24) is 5.32 Å². The molecule has 0 saturated carbocycles. The lowest BCUT2D eigenvalue weighted by atomic mass is 9.98. The van der Waals surface area contributed by atoms with Gasteiger partial charge in [-0.25, -0.2) is 9.59 Å². The summed E-state index contributed by atoms with van der Waals surface area (Å²) < 4.78 is 10.6. The van der Waals surface area contributed by atoms with E-state index < -0.39 is 24.0 Å². The van der Waals surface area contributed by atoms with Gasteiger partial charge >= 0.3 is 12.1 Å². The largest absolute Gasteiger partial charge is 0.478 e. The van der Waals surface area contributed by atoms with Crippen LogP contribution >= 0.6 is 11.6 Å². The molecule has 1 atom stereocenters. The van der Waals surface area contributed by atoms with Crippen molar-refractivity contribution >= 4 is 35.3 Å². The maximum absolute atomic E-state index is 12.8. The SMILES string of the molecule is COCC(NC(=O)OCC1c2ccccc2-c2ccccc21)C(=O)Nc1cc(Cl)cc(C(=O)O)c1. The molecule has 0 saturated heterocycles. The van der Waals surface area contributed by atoms with E-state index in [0.717, 1.165) is 22.3 Å². The summed E-state index contributed by atoms with van der Waals surface area (Å²) in [6.45, 7) is -0.0279. The van der Waals surface area contributed by atoms with Gasteiger partial charge in [-0.05, 0) is 40.5 Å². The molecular formula is C26H23ClN2O6. The first-order valence-electron chi connectivity index (χ1n) is 10.8. The number of halogens is 1. The van der Waals surface area contributed by atoms with Gasteiger partial charge in [-0.2, -0.15) is 0 Å². The molecule has 0 aliphatic heterocycles. The lowest BCUT2D eigenvalue weighted by molar-refractivity contribution is -0.119. The molecule has 0 spiro atoms. The summed E-state index contributed by atoms with van der Waals surface area (Å²) in [5.74, 6) is -1.92. The highest BCUT2D eigenvalue weighted by molar-refractivity contribution is 6.31. The molecular weight excluding hydrogens is 472 g/mol. The Labute approximate surface area is 206 Å². The van der Waals surface area contributed by atoms with E-state index in [1.165, 1.54) is 25.3 Å². The Morgan fingerprint density at radius 1 is 1.00 bits per heavy atom. The second-order valence-electron chi connectivity index (χ2n) is 8.00. The van der Waals surface area contributed by atoms with Crippen LogP contribution in [0.2, 0.25) is 5.02 Å². The van der Waals surface area contributed by atoms with Gasteiger partial charge in [0.1, 0.15) is 12.6 Å². The number of fused-ring (bicyclic) bond motifs is 3. The van der Waals surface area contributed by atoms with Gasteiger partial charge in [0, 0.05) is 23.7 Å². The van der Waals surface area contributed by atoms with Crippen molar-refractivity contribution in [2.75, 3.05) is 25.6 Å². The minimum absolute atomic E-state index is 0.0828. The van der Waals surface area contributed by atoms with Crippen LogP contribution in [0.4, 0.5) is 10.5 Å². The second kappa shape index (κ2) is 10.6. The average Bonchev–Trinajstić information content (AvgIpc) is 3.16. The number of amides is 2. The Morgan fingerprint density at radius 3 is 2.23 bits per heavy atom. The zero-order chi connectivity index (χ0) is 24.9. The van der Waals surface area contributed by atoms with Gasteiger partial charge in [0.2, 0.25) is 5.91 Å². The summed E-state index contributed by atoms with van der Waals surface area (Å²) in [5.41, 5.74) is 4.45. The van der Waals surface area contributed by atoms with Crippen LogP contribution in [-0.4, -0.2) is 49.4 Å². The van der Waals surface area contributed by atoms with E-state index in [9.17, 15) is 19.5 Å². The van der Waals surface area contributed by atoms with E-state index in [4.69, 9.17) is 21.1 Å². The Kier molecular flexibility index (Phi) is 7.33. The first-order chi connectivity index (χ1) is 16.9. The van der Waals surface area contributed by atoms with Crippen molar-refractivity contribution in [2.45, 2.75) is 12.0 Å². The topological polar surface area (TPSA) is 114 Å². The van der Waals surface area contributed by atoms with Crippen molar-refractivity contribution in [2.24, 2.45) is 0 Å². The third-order valence-corrected chi connectivity index (χ3v) is 5.92. The number of alkyl carbamates (subject to hydrolysis) is 1. The molecule has 1 aliphatic carbocycles. The Bertz CT molecular complexity index is 1230. The molecule has 1 aliphatic rings. The van der Waals surface area contributed by atoms with Crippen molar-refractivity contribution in [3.8, 4) is 11.1 Å². The number of rotatable bonds is 8. The Morgan fingerprint density at radius 2 is 1.63 bits per heavy atom. The number of hydrogen-bond donors (Lipinski definition) is 3. The van der Waals surface area contributed by atoms with Crippen LogP contribution in [0.1, 0.15) is 27.4 Å². The molecule has 180 valence electrons. The quantitative estimate of drug-likeness (QED) is 0.424. The zero-order valence-electron chi connectivity index (χ0n) is 18.8. The fraction of sp³-hybridized carbons (Fsp3) is 0.192. The summed E-state index contributed by atoms with van der Waals surface area (Å²) in [6, 6.07) is 18.8. The van der Waals surface area contributed by atoms with E-state index in [1.54, 1.807) is 0 Å². The van der Waals surface area contributed by atoms with Crippen LogP contribution in [-0.2, 0) is 14.3 Å². The van der Waals surface area contributed by atoms with E-state index in [-0.39, 0.29) is 35.4 Å². The summed E-state index contributed by atoms with van der Waals surface area (Å²) in [4.78, 5) is 36.6. The number of nitrogens with one attached hydrogen (secondary N) is 2. The number of hydrogen-bond acceptors (Lipinski definition) is 5. The minimum atomic E-state index is -1.19. The Balaban J connectivity index is 1.42. The maximum Gasteiger partial charge on any atom is 0.407 e. The number of ether oxygens (including phenoxy) is 2. The summed E-state index contributed by atoms with van der Waals surface area (Å²) in [7, 11) is 1.39. The smallest absolute Gasteiger partial charge is 0.407 e. The molecule has 0 bridgehead atoms. The van der Waals surface area contributed by atoms with E-state index in [2.05, 4.69) is 10.6 Å². The number of aromatic carboxylic acids is 1. The lowest BCUT2D eigenvalue weighted by Crippen LogP contribution is -2.47. The van der Waals surface area contributed by atoms with Gasteiger partial charge in [-0.1, -0.05) is 60.1 Å². The molecule has 8 nitrogen and oxygen atoms in total. The molecule has 1 unspecified atom stereocenters. The van der Waals surface area contributed by atoms with Crippen LogP contribution in [0, 0.1) is 0 Å². The zero-order valence-corrected chi connectivity index (χ0v) is 19.5. The Hall–Kier alpha value is -3.88. The van der Waals surface area contributed by atoms with Gasteiger partial charge in [0.15, 0.2) is 0 Å². The molecule has 3 aromatic carbocycles. The third kappa shape index (κ3) is 5.45. The first kappa shape index (κ1) is 24.3. The number of methoxy groups -OCH3 is 1. The predicted octanol–water partition coefficient (Wildman–Crippen LogP) is 4.53. The van der Waals surface area contributed by atoms with Gasteiger partial charge in [0.25, 0.3) is 0 Å². The molecule has 0 heterocycles. The van der Waals surface area contributed by atoms with Crippen LogP contribution < -0.4 is 10.6 Å². The normalized spacial score (nSPS) is 12.9. The highest BCUT2D eigenvalue weighted by Gasteiger charge is 2.30. The predicted molar refractivity (Wildman–Crippen MR) is 131 cm³/mol. The van der Waals surface area contributed by atoms with Crippen molar-refractivity contribution in [3.63, 3.8) is 0 Å². The van der Waals surface area contributed by atoms with Crippen molar-refractivity contribution < 1.29 is 29.0 Å². The fourth-order valence-corrected chi connectivity index (χ4v) is 4.38. The maximum atomic E-state index is 12.8. The van der Waals surface area contributed by atoms with Gasteiger partial charge in [-0.15, -0.1) is 0 Å². The molecule has 0 aromatic heterocycles. The van der Waals surface area contributed by atoms with Crippen LogP contribution in [0.25, 0.3) is 11.1 Å². The third-order valence-electron chi connectivity index (χ3n) is 5.70. The molecule has 3 aromatic rings. The number of carbonyl (C=O) groups is 3. The minimum Gasteiger partial charge on any atom is -0.478 e. The molecule has 3 N–H and O–H groups in total. The highest BCUT2D eigenvalue weighted by Crippen LogP contribution is 2.44. The molecule has 35 heavy (non-hydrogen) atoms.